The van der Waals surface area contributed by atoms with Crippen molar-refractivity contribution in [3.8, 4) is 17.2 Å². The number of benzene rings is 3. The minimum Gasteiger partial charge on any atom is -0.484 e. The standard InChI is InChI=1S/C24H15BrF3NO5/c25-18-6-1-2-7-19(18)34-21-12-33-20-11-16(8-9-17(20)23(21)31)32-13-22(30)29-15-5-3-4-14(10-15)24(26,27)28/h1-12H,13H2,(H,29,30). The normalized spacial score (nSPS) is 11.3. The van der Waals surface area contributed by atoms with Gasteiger partial charge in [-0.2, -0.15) is 13.2 Å². The number of amides is 1. The molecule has 6 nitrogen and oxygen atoms in total. The topological polar surface area (TPSA) is 77.8 Å². The van der Waals surface area contributed by atoms with Crippen molar-refractivity contribution < 1.29 is 31.9 Å². The average Bonchev–Trinajstić information content (AvgIpc) is 2.80. The molecule has 0 saturated carbocycles. The van der Waals surface area contributed by atoms with Gasteiger partial charge in [0.15, 0.2) is 6.61 Å². The van der Waals surface area contributed by atoms with Gasteiger partial charge in [0.25, 0.3) is 5.91 Å². The van der Waals surface area contributed by atoms with Gasteiger partial charge in [-0.1, -0.05) is 18.2 Å². The van der Waals surface area contributed by atoms with E-state index in [4.69, 9.17) is 13.9 Å². The van der Waals surface area contributed by atoms with Crippen LogP contribution in [0.2, 0.25) is 0 Å². The number of nitrogens with one attached hydrogen (secondary N) is 1. The lowest BCUT2D eigenvalue weighted by atomic mass is 10.2. The second kappa shape index (κ2) is 9.60. The van der Waals surface area contributed by atoms with Crippen molar-refractivity contribution in [1.29, 1.82) is 0 Å². The summed E-state index contributed by atoms with van der Waals surface area (Å²) in [7, 11) is 0. The monoisotopic (exact) mass is 533 g/mol. The van der Waals surface area contributed by atoms with E-state index in [1.807, 2.05) is 0 Å². The number of anilines is 1. The van der Waals surface area contributed by atoms with Crippen LogP contribution in [0, 0.1) is 0 Å². The number of hydrogen-bond acceptors (Lipinski definition) is 5. The smallest absolute Gasteiger partial charge is 0.416 e. The van der Waals surface area contributed by atoms with Crippen molar-refractivity contribution >= 4 is 38.5 Å². The molecule has 0 atom stereocenters. The zero-order chi connectivity index (χ0) is 24.3. The van der Waals surface area contributed by atoms with Crippen LogP contribution in [-0.2, 0) is 11.0 Å². The molecule has 0 spiro atoms. The summed E-state index contributed by atoms with van der Waals surface area (Å²) in [6.07, 6.45) is -3.34. The fourth-order valence-electron chi connectivity index (χ4n) is 3.02. The maximum absolute atomic E-state index is 12.8. The van der Waals surface area contributed by atoms with Gasteiger partial charge in [-0.25, -0.2) is 0 Å². The fraction of sp³-hybridized carbons (Fsp3) is 0.0833. The minimum atomic E-state index is -4.52. The maximum atomic E-state index is 12.8. The van der Waals surface area contributed by atoms with E-state index >= 15 is 0 Å². The predicted molar refractivity (Wildman–Crippen MR) is 122 cm³/mol. The highest BCUT2D eigenvalue weighted by atomic mass is 79.9. The molecule has 4 aromatic rings. The Hall–Kier alpha value is -3.79. The summed E-state index contributed by atoms with van der Waals surface area (Å²) in [5.41, 5.74) is -1.07. The molecule has 4 rings (SSSR count). The van der Waals surface area contributed by atoms with E-state index in [0.29, 0.717) is 10.2 Å². The molecule has 0 unspecified atom stereocenters. The minimum absolute atomic E-state index is 0.00599. The number of hydrogen-bond donors (Lipinski definition) is 1. The van der Waals surface area contributed by atoms with Gasteiger partial charge in [0.1, 0.15) is 23.3 Å². The van der Waals surface area contributed by atoms with Crippen molar-refractivity contribution in [3.63, 3.8) is 0 Å². The zero-order valence-corrected chi connectivity index (χ0v) is 18.8. The first-order valence-electron chi connectivity index (χ1n) is 9.78. The Bertz CT molecular complexity index is 1420. The molecule has 0 aliphatic carbocycles. The molecule has 3 aromatic carbocycles. The van der Waals surface area contributed by atoms with E-state index in [9.17, 15) is 22.8 Å². The number of ether oxygens (including phenoxy) is 2. The second-order valence-corrected chi connectivity index (χ2v) is 7.89. The number of carbonyl (C=O) groups excluding carboxylic acids is 1. The number of carbonyl (C=O) groups is 1. The van der Waals surface area contributed by atoms with Crippen LogP contribution >= 0.6 is 15.9 Å². The molecule has 0 radical (unpaired) electrons. The zero-order valence-electron chi connectivity index (χ0n) is 17.2. The molecule has 0 fully saturated rings. The van der Waals surface area contributed by atoms with Gasteiger partial charge in [-0.3, -0.25) is 9.59 Å². The molecule has 1 heterocycles. The van der Waals surface area contributed by atoms with Gasteiger partial charge in [-0.15, -0.1) is 0 Å². The van der Waals surface area contributed by atoms with E-state index in [1.165, 1.54) is 36.6 Å². The Labute approximate surface area is 199 Å². The van der Waals surface area contributed by atoms with Crippen molar-refractivity contribution in [2.24, 2.45) is 0 Å². The fourth-order valence-corrected chi connectivity index (χ4v) is 3.38. The van der Waals surface area contributed by atoms with Gasteiger partial charge < -0.3 is 19.2 Å². The van der Waals surface area contributed by atoms with Gasteiger partial charge in [0.05, 0.1) is 15.4 Å². The van der Waals surface area contributed by atoms with Crippen molar-refractivity contribution in [1.82, 2.24) is 0 Å². The van der Waals surface area contributed by atoms with Crippen LogP contribution in [-0.4, -0.2) is 12.5 Å². The molecule has 0 bridgehead atoms. The predicted octanol–water partition coefficient (Wildman–Crippen LogP) is 6.38. The molecule has 174 valence electrons. The Morgan fingerprint density at radius 1 is 1.00 bits per heavy atom. The Morgan fingerprint density at radius 2 is 1.79 bits per heavy atom. The number of fused-ring (bicyclic) bond motifs is 1. The Kier molecular flexibility index (Phi) is 6.60. The highest BCUT2D eigenvalue weighted by Gasteiger charge is 2.30. The summed E-state index contributed by atoms with van der Waals surface area (Å²) in [6, 6.07) is 15.7. The van der Waals surface area contributed by atoms with Crippen LogP contribution in [0.15, 0.2) is 86.7 Å². The maximum Gasteiger partial charge on any atom is 0.416 e. The first-order valence-corrected chi connectivity index (χ1v) is 10.6. The van der Waals surface area contributed by atoms with Gasteiger partial charge in [-0.05, 0) is 58.4 Å². The van der Waals surface area contributed by atoms with E-state index in [2.05, 4.69) is 21.2 Å². The molecular weight excluding hydrogens is 519 g/mol. The summed E-state index contributed by atoms with van der Waals surface area (Å²) in [5, 5.41) is 2.59. The van der Waals surface area contributed by atoms with Crippen LogP contribution in [0.1, 0.15) is 5.56 Å². The molecule has 0 saturated heterocycles. The summed E-state index contributed by atoms with van der Waals surface area (Å²) in [5.74, 6) is 0.0156. The molecule has 0 aliphatic rings. The van der Waals surface area contributed by atoms with E-state index in [1.54, 1.807) is 24.3 Å². The molecule has 34 heavy (non-hydrogen) atoms. The van der Waals surface area contributed by atoms with Crippen LogP contribution in [0.4, 0.5) is 18.9 Å². The van der Waals surface area contributed by atoms with Gasteiger partial charge >= 0.3 is 6.18 Å². The highest BCUT2D eigenvalue weighted by molar-refractivity contribution is 9.10. The number of para-hydroxylation sites is 1. The summed E-state index contributed by atoms with van der Waals surface area (Å²) >= 11 is 3.34. The SMILES string of the molecule is O=C(COc1ccc2c(=O)c(Oc3ccccc3Br)coc2c1)Nc1cccc(C(F)(F)F)c1. The molecular formula is C24H15BrF3NO5. The third-order valence-electron chi connectivity index (χ3n) is 4.61. The van der Waals surface area contributed by atoms with E-state index < -0.39 is 29.7 Å². The summed E-state index contributed by atoms with van der Waals surface area (Å²) in [4.78, 5) is 24.8. The van der Waals surface area contributed by atoms with E-state index in [-0.39, 0.29) is 28.2 Å². The lowest BCUT2D eigenvalue weighted by molar-refractivity contribution is -0.137. The number of alkyl halides is 3. The molecule has 1 amide bonds. The van der Waals surface area contributed by atoms with Crippen LogP contribution in [0.25, 0.3) is 11.0 Å². The third kappa shape index (κ3) is 5.40. The van der Waals surface area contributed by atoms with Crippen molar-refractivity contribution in [2.75, 3.05) is 11.9 Å². The number of halogens is 4. The Morgan fingerprint density at radius 3 is 2.56 bits per heavy atom. The molecule has 10 heteroatoms. The molecule has 1 aromatic heterocycles. The Balaban J connectivity index is 1.44. The van der Waals surface area contributed by atoms with Gasteiger partial charge in [0.2, 0.25) is 11.2 Å². The van der Waals surface area contributed by atoms with Crippen LogP contribution in [0.3, 0.4) is 0 Å². The van der Waals surface area contributed by atoms with Crippen LogP contribution < -0.4 is 20.2 Å². The number of rotatable bonds is 6. The first kappa shape index (κ1) is 23.4. The largest absolute Gasteiger partial charge is 0.484 e. The van der Waals surface area contributed by atoms with Crippen LogP contribution in [0.5, 0.6) is 17.2 Å². The summed E-state index contributed by atoms with van der Waals surface area (Å²) in [6.45, 7) is -0.463. The second-order valence-electron chi connectivity index (χ2n) is 7.03. The highest BCUT2D eigenvalue weighted by Crippen LogP contribution is 2.31. The third-order valence-corrected chi connectivity index (χ3v) is 5.27. The lowest BCUT2D eigenvalue weighted by Crippen LogP contribution is -2.20. The van der Waals surface area contributed by atoms with Crippen molar-refractivity contribution in [2.45, 2.75) is 6.18 Å². The quantitative estimate of drug-likeness (QED) is 0.311. The summed E-state index contributed by atoms with van der Waals surface area (Å²) < 4.78 is 55.6. The van der Waals surface area contributed by atoms with E-state index in [0.717, 1.165) is 12.1 Å². The van der Waals surface area contributed by atoms with Gasteiger partial charge in [0, 0.05) is 11.8 Å². The first-order chi connectivity index (χ1) is 16.2. The molecule has 0 aliphatic heterocycles. The van der Waals surface area contributed by atoms with Crippen molar-refractivity contribution in [3.05, 3.63) is 93.3 Å². The molecule has 1 N–H and O–H groups in total. The average molecular weight is 534 g/mol. The lowest BCUT2D eigenvalue weighted by Gasteiger charge is -2.11.